The minimum absolute atomic E-state index is 0.0585. The third-order valence-corrected chi connectivity index (χ3v) is 3.71. The Morgan fingerprint density at radius 2 is 2.05 bits per heavy atom. The standard InChI is InChI=1S/C14H14BrClN2O/c15-13-7-12(8-18-14(13)16)19-9-11(17)6-10-4-2-1-3-5-10/h1-5,7-8,11H,6,9,17H2/t11-/m0/s1. The third kappa shape index (κ3) is 4.49. The van der Waals surface area contributed by atoms with Gasteiger partial charge < -0.3 is 10.5 Å². The smallest absolute Gasteiger partial charge is 0.143 e. The van der Waals surface area contributed by atoms with Gasteiger partial charge in [0.05, 0.1) is 10.7 Å². The summed E-state index contributed by atoms with van der Waals surface area (Å²) in [6, 6.07) is 11.8. The summed E-state index contributed by atoms with van der Waals surface area (Å²) in [7, 11) is 0. The van der Waals surface area contributed by atoms with Crippen molar-refractivity contribution in [2.75, 3.05) is 6.61 Å². The van der Waals surface area contributed by atoms with Crippen LogP contribution in [0.1, 0.15) is 5.56 Å². The van der Waals surface area contributed by atoms with Crippen molar-refractivity contribution in [3.05, 3.63) is 57.8 Å². The first-order valence-electron chi connectivity index (χ1n) is 5.88. The van der Waals surface area contributed by atoms with Gasteiger partial charge in [-0.1, -0.05) is 41.9 Å². The Kier molecular flexibility index (Phi) is 5.19. The van der Waals surface area contributed by atoms with E-state index in [-0.39, 0.29) is 6.04 Å². The van der Waals surface area contributed by atoms with E-state index in [1.54, 1.807) is 12.3 Å². The van der Waals surface area contributed by atoms with Crippen molar-refractivity contribution in [3.8, 4) is 5.75 Å². The van der Waals surface area contributed by atoms with Crippen LogP contribution >= 0.6 is 27.5 Å². The van der Waals surface area contributed by atoms with Crippen LogP contribution in [-0.2, 0) is 6.42 Å². The fourth-order valence-corrected chi connectivity index (χ4v) is 2.09. The second-order valence-corrected chi connectivity index (χ2v) is 5.42. The van der Waals surface area contributed by atoms with Crippen molar-refractivity contribution in [3.63, 3.8) is 0 Å². The van der Waals surface area contributed by atoms with E-state index in [2.05, 4.69) is 33.0 Å². The maximum atomic E-state index is 6.04. The number of ether oxygens (including phenoxy) is 1. The molecule has 1 heterocycles. The molecule has 0 amide bonds. The Balaban J connectivity index is 1.86. The quantitative estimate of drug-likeness (QED) is 0.847. The highest BCUT2D eigenvalue weighted by atomic mass is 79.9. The lowest BCUT2D eigenvalue weighted by Gasteiger charge is -2.13. The molecular weight excluding hydrogens is 328 g/mol. The second-order valence-electron chi connectivity index (χ2n) is 4.20. The molecule has 3 nitrogen and oxygen atoms in total. The zero-order valence-electron chi connectivity index (χ0n) is 10.2. The van der Waals surface area contributed by atoms with Gasteiger partial charge in [-0.3, -0.25) is 0 Å². The van der Waals surface area contributed by atoms with Gasteiger partial charge >= 0.3 is 0 Å². The van der Waals surface area contributed by atoms with Gasteiger partial charge in [-0.2, -0.15) is 0 Å². The molecule has 0 aliphatic carbocycles. The molecule has 5 heteroatoms. The SMILES string of the molecule is N[C@H](COc1cnc(Cl)c(Br)c1)Cc1ccccc1. The number of halogens is 2. The van der Waals surface area contributed by atoms with Crippen molar-refractivity contribution in [1.29, 1.82) is 0 Å². The van der Waals surface area contributed by atoms with Gasteiger partial charge in [0, 0.05) is 6.04 Å². The molecule has 0 saturated heterocycles. The number of hydrogen-bond donors (Lipinski definition) is 1. The highest BCUT2D eigenvalue weighted by Crippen LogP contribution is 2.24. The zero-order chi connectivity index (χ0) is 13.7. The maximum absolute atomic E-state index is 6.04. The first kappa shape index (κ1) is 14.3. The van der Waals surface area contributed by atoms with Crippen LogP contribution in [0.3, 0.4) is 0 Å². The molecule has 0 spiro atoms. The molecule has 19 heavy (non-hydrogen) atoms. The largest absolute Gasteiger partial charge is 0.490 e. The Morgan fingerprint density at radius 3 is 2.74 bits per heavy atom. The van der Waals surface area contributed by atoms with Crippen LogP contribution in [0.25, 0.3) is 0 Å². The van der Waals surface area contributed by atoms with Crippen LogP contribution in [0.2, 0.25) is 5.15 Å². The summed E-state index contributed by atoms with van der Waals surface area (Å²) < 4.78 is 6.31. The Morgan fingerprint density at radius 1 is 1.32 bits per heavy atom. The fourth-order valence-electron chi connectivity index (χ4n) is 1.66. The topological polar surface area (TPSA) is 48.1 Å². The molecule has 2 rings (SSSR count). The van der Waals surface area contributed by atoms with Crippen molar-refractivity contribution in [2.45, 2.75) is 12.5 Å². The lowest BCUT2D eigenvalue weighted by Crippen LogP contribution is -2.30. The predicted octanol–water partition coefficient (Wildman–Crippen LogP) is 3.45. The summed E-state index contributed by atoms with van der Waals surface area (Å²) in [5, 5.41) is 0.418. The molecule has 100 valence electrons. The first-order chi connectivity index (χ1) is 9.15. The molecule has 1 atom stereocenters. The average molecular weight is 342 g/mol. The number of aromatic nitrogens is 1. The van der Waals surface area contributed by atoms with Crippen LogP contribution in [-0.4, -0.2) is 17.6 Å². The molecule has 2 N–H and O–H groups in total. The van der Waals surface area contributed by atoms with Crippen LogP contribution in [0.15, 0.2) is 47.1 Å². The summed E-state index contributed by atoms with van der Waals surface area (Å²) in [6.45, 7) is 0.435. The molecule has 2 aromatic rings. The molecule has 0 aliphatic heterocycles. The minimum atomic E-state index is -0.0585. The van der Waals surface area contributed by atoms with Gasteiger partial charge in [-0.05, 0) is 34.0 Å². The van der Waals surface area contributed by atoms with Gasteiger partial charge in [0.25, 0.3) is 0 Å². The fraction of sp³-hybridized carbons (Fsp3) is 0.214. The van der Waals surface area contributed by atoms with E-state index in [1.807, 2.05) is 18.2 Å². The molecule has 0 aliphatic rings. The summed E-state index contributed by atoms with van der Waals surface area (Å²) in [5.74, 6) is 0.653. The van der Waals surface area contributed by atoms with Gasteiger partial charge in [0.15, 0.2) is 0 Å². The Bertz CT molecular complexity index is 536. The lowest BCUT2D eigenvalue weighted by molar-refractivity contribution is 0.286. The van der Waals surface area contributed by atoms with Crippen LogP contribution in [0.5, 0.6) is 5.75 Å². The summed E-state index contributed by atoms with van der Waals surface area (Å²) >= 11 is 9.11. The second kappa shape index (κ2) is 6.89. The molecule has 1 aromatic heterocycles. The number of nitrogens with two attached hydrogens (primary N) is 1. The number of rotatable bonds is 5. The van der Waals surface area contributed by atoms with Crippen LogP contribution in [0.4, 0.5) is 0 Å². The molecule has 1 aromatic carbocycles. The molecule has 0 radical (unpaired) electrons. The van der Waals surface area contributed by atoms with E-state index < -0.39 is 0 Å². The third-order valence-electron chi connectivity index (χ3n) is 2.58. The van der Waals surface area contributed by atoms with Gasteiger partial charge in [0.1, 0.15) is 17.5 Å². The minimum Gasteiger partial charge on any atom is -0.490 e. The zero-order valence-corrected chi connectivity index (χ0v) is 12.6. The lowest BCUT2D eigenvalue weighted by atomic mass is 10.1. The monoisotopic (exact) mass is 340 g/mol. The molecule has 0 unspecified atom stereocenters. The van der Waals surface area contributed by atoms with E-state index in [4.69, 9.17) is 22.1 Å². The summed E-state index contributed by atoms with van der Waals surface area (Å²) in [4.78, 5) is 3.99. The number of benzene rings is 1. The molecule has 0 saturated carbocycles. The molecular formula is C14H14BrClN2O. The van der Waals surface area contributed by atoms with Crippen molar-refractivity contribution in [2.24, 2.45) is 5.73 Å². The summed E-state index contributed by atoms with van der Waals surface area (Å²) in [5.41, 5.74) is 7.24. The Hall–Kier alpha value is -1.10. The van der Waals surface area contributed by atoms with E-state index in [1.165, 1.54) is 5.56 Å². The predicted molar refractivity (Wildman–Crippen MR) is 80.6 cm³/mol. The van der Waals surface area contributed by atoms with Gasteiger partial charge in [-0.15, -0.1) is 0 Å². The number of pyridine rings is 1. The first-order valence-corrected chi connectivity index (χ1v) is 7.05. The van der Waals surface area contributed by atoms with Crippen molar-refractivity contribution < 1.29 is 4.74 Å². The average Bonchev–Trinajstić information content (AvgIpc) is 2.41. The van der Waals surface area contributed by atoms with Crippen LogP contribution in [0, 0.1) is 0 Å². The Labute approximate surface area is 125 Å². The van der Waals surface area contributed by atoms with E-state index in [0.29, 0.717) is 22.0 Å². The number of nitrogens with zero attached hydrogens (tertiary/aromatic N) is 1. The van der Waals surface area contributed by atoms with Gasteiger partial charge in [0.2, 0.25) is 0 Å². The highest BCUT2D eigenvalue weighted by molar-refractivity contribution is 9.10. The normalized spacial score (nSPS) is 12.2. The van der Waals surface area contributed by atoms with Crippen LogP contribution < -0.4 is 10.5 Å². The van der Waals surface area contributed by atoms with E-state index >= 15 is 0 Å². The molecule has 0 bridgehead atoms. The highest BCUT2D eigenvalue weighted by Gasteiger charge is 2.06. The van der Waals surface area contributed by atoms with Gasteiger partial charge in [-0.25, -0.2) is 4.98 Å². The van der Waals surface area contributed by atoms with E-state index in [0.717, 1.165) is 6.42 Å². The summed E-state index contributed by atoms with van der Waals surface area (Å²) in [6.07, 6.45) is 2.37. The van der Waals surface area contributed by atoms with Crippen molar-refractivity contribution in [1.82, 2.24) is 4.98 Å². The maximum Gasteiger partial charge on any atom is 0.143 e. The number of hydrogen-bond acceptors (Lipinski definition) is 3. The molecule has 0 fully saturated rings. The van der Waals surface area contributed by atoms with E-state index in [9.17, 15) is 0 Å². The van der Waals surface area contributed by atoms with Crippen molar-refractivity contribution >= 4 is 27.5 Å².